The lowest BCUT2D eigenvalue weighted by atomic mass is 10.1. The van der Waals surface area contributed by atoms with Crippen LogP contribution in [0.2, 0.25) is 0 Å². The Bertz CT molecular complexity index is 584. The second-order valence-corrected chi connectivity index (χ2v) is 4.85. The number of hydrogen-bond acceptors (Lipinski definition) is 3. The van der Waals surface area contributed by atoms with Crippen molar-refractivity contribution in [3.63, 3.8) is 0 Å². The summed E-state index contributed by atoms with van der Waals surface area (Å²) in [4.78, 5) is 11.8. The number of rotatable bonds is 8. The SMILES string of the molecule is COCCCNC(=O)COc1ccccc1-c1ccccc1. The van der Waals surface area contributed by atoms with E-state index in [9.17, 15) is 4.79 Å². The minimum Gasteiger partial charge on any atom is -0.483 e. The van der Waals surface area contributed by atoms with Gasteiger partial charge in [-0.2, -0.15) is 0 Å². The van der Waals surface area contributed by atoms with E-state index >= 15 is 0 Å². The van der Waals surface area contributed by atoms with Gasteiger partial charge in [-0.25, -0.2) is 0 Å². The molecule has 0 saturated carbocycles. The highest BCUT2D eigenvalue weighted by atomic mass is 16.5. The predicted molar refractivity (Wildman–Crippen MR) is 86.9 cm³/mol. The van der Waals surface area contributed by atoms with Crippen LogP contribution in [-0.2, 0) is 9.53 Å². The number of nitrogens with one attached hydrogen (secondary N) is 1. The summed E-state index contributed by atoms with van der Waals surface area (Å²) in [5, 5.41) is 2.80. The third-order valence-corrected chi connectivity index (χ3v) is 3.18. The van der Waals surface area contributed by atoms with Gasteiger partial charge in [0.05, 0.1) is 0 Å². The van der Waals surface area contributed by atoms with Gasteiger partial charge in [0.15, 0.2) is 6.61 Å². The quantitative estimate of drug-likeness (QED) is 0.762. The lowest BCUT2D eigenvalue weighted by Gasteiger charge is -2.11. The summed E-state index contributed by atoms with van der Waals surface area (Å²) in [6.45, 7) is 1.24. The number of methoxy groups -OCH3 is 1. The van der Waals surface area contributed by atoms with Crippen LogP contribution >= 0.6 is 0 Å². The van der Waals surface area contributed by atoms with Gasteiger partial charge < -0.3 is 14.8 Å². The fourth-order valence-corrected chi connectivity index (χ4v) is 2.09. The van der Waals surface area contributed by atoms with E-state index in [1.165, 1.54) is 0 Å². The van der Waals surface area contributed by atoms with Gasteiger partial charge in [-0.15, -0.1) is 0 Å². The Balaban J connectivity index is 1.92. The molecule has 0 unspecified atom stereocenters. The maximum absolute atomic E-state index is 11.8. The average molecular weight is 299 g/mol. The number of carbonyl (C=O) groups excluding carboxylic acids is 1. The summed E-state index contributed by atoms with van der Waals surface area (Å²) in [5.41, 5.74) is 2.05. The lowest BCUT2D eigenvalue weighted by molar-refractivity contribution is -0.123. The minimum atomic E-state index is -0.126. The number of para-hydroxylation sites is 1. The summed E-state index contributed by atoms with van der Waals surface area (Å²) in [6.07, 6.45) is 0.794. The fourth-order valence-electron chi connectivity index (χ4n) is 2.09. The molecule has 2 aromatic carbocycles. The first-order valence-corrected chi connectivity index (χ1v) is 7.34. The second-order valence-electron chi connectivity index (χ2n) is 4.85. The Morgan fingerprint density at radius 1 is 1.05 bits per heavy atom. The van der Waals surface area contributed by atoms with E-state index in [-0.39, 0.29) is 12.5 Å². The van der Waals surface area contributed by atoms with Crippen molar-refractivity contribution >= 4 is 5.91 Å². The highest BCUT2D eigenvalue weighted by Crippen LogP contribution is 2.29. The van der Waals surface area contributed by atoms with Gasteiger partial charge >= 0.3 is 0 Å². The monoisotopic (exact) mass is 299 g/mol. The van der Waals surface area contributed by atoms with E-state index in [1.54, 1.807) is 7.11 Å². The Morgan fingerprint density at radius 3 is 2.55 bits per heavy atom. The van der Waals surface area contributed by atoms with Crippen LogP contribution in [-0.4, -0.2) is 32.8 Å². The summed E-state index contributed by atoms with van der Waals surface area (Å²) >= 11 is 0. The lowest BCUT2D eigenvalue weighted by Crippen LogP contribution is -2.30. The van der Waals surface area contributed by atoms with Crippen LogP contribution in [0, 0.1) is 0 Å². The molecule has 0 radical (unpaired) electrons. The summed E-state index contributed by atoms with van der Waals surface area (Å²) in [7, 11) is 1.64. The summed E-state index contributed by atoms with van der Waals surface area (Å²) < 4.78 is 10.6. The van der Waals surface area contributed by atoms with Gasteiger partial charge in [0.25, 0.3) is 5.91 Å². The molecule has 1 amide bonds. The molecule has 0 bridgehead atoms. The number of amides is 1. The van der Waals surface area contributed by atoms with Crippen molar-refractivity contribution in [3.05, 3.63) is 54.6 Å². The molecule has 0 aromatic heterocycles. The van der Waals surface area contributed by atoms with Crippen molar-refractivity contribution in [2.45, 2.75) is 6.42 Å². The molecule has 0 aliphatic heterocycles. The smallest absolute Gasteiger partial charge is 0.257 e. The van der Waals surface area contributed by atoms with Crippen molar-refractivity contribution in [1.82, 2.24) is 5.32 Å². The van der Waals surface area contributed by atoms with Gasteiger partial charge in [-0.3, -0.25) is 4.79 Å². The van der Waals surface area contributed by atoms with Gasteiger partial charge in [0, 0.05) is 25.8 Å². The third kappa shape index (κ3) is 4.90. The van der Waals surface area contributed by atoms with E-state index in [1.807, 2.05) is 54.6 Å². The number of ether oxygens (including phenoxy) is 2. The maximum Gasteiger partial charge on any atom is 0.257 e. The minimum absolute atomic E-state index is 0.0107. The van der Waals surface area contributed by atoms with Crippen molar-refractivity contribution in [3.8, 4) is 16.9 Å². The van der Waals surface area contributed by atoms with Crippen LogP contribution in [0.25, 0.3) is 11.1 Å². The van der Waals surface area contributed by atoms with E-state index < -0.39 is 0 Å². The molecule has 2 aromatic rings. The van der Waals surface area contributed by atoms with E-state index in [2.05, 4.69) is 5.32 Å². The second kappa shape index (κ2) is 8.85. The van der Waals surface area contributed by atoms with Crippen molar-refractivity contribution in [2.24, 2.45) is 0 Å². The van der Waals surface area contributed by atoms with Crippen LogP contribution in [0.3, 0.4) is 0 Å². The van der Waals surface area contributed by atoms with Crippen molar-refractivity contribution < 1.29 is 14.3 Å². The number of carbonyl (C=O) groups is 1. The molecule has 0 aliphatic carbocycles. The van der Waals surface area contributed by atoms with E-state index in [0.717, 1.165) is 17.5 Å². The van der Waals surface area contributed by atoms with Gasteiger partial charge in [0.1, 0.15) is 5.75 Å². The molecular weight excluding hydrogens is 278 g/mol. The molecular formula is C18H21NO3. The Labute approximate surface area is 131 Å². The van der Waals surface area contributed by atoms with Crippen LogP contribution in [0.5, 0.6) is 5.75 Å². The van der Waals surface area contributed by atoms with Crippen LogP contribution in [0.4, 0.5) is 0 Å². The molecule has 0 heterocycles. The zero-order valence-electron chi connectivity index (χ0n) is 12.7. The average Bonchev–Trinajstić information content (AvgIpc) is 2.58. The molecule has 0 atom stereocenters. The number of hydrogen-bond donors (Lipinski definition) is 1. The normalized spacial score (nSPS) is 10.2. The van der Waals surface area contributed by atoms with Crippen molar-refractivity contribution in [2.75, 3.05) is 26.9 Å². The van der Waals surface area contributed by atoms with Gasteiger partial charge in [0.2, 0.25) is 0 Å². The standard InChI is InChI=1S/C18H21NO3/c1-21-13-7-12-19-18(20)14-22-17-11-6-5-10-16(17)15-8-3-2-4-9-15/h2-6,8-11H,7,12-14H2,1H3,(H,19,20). The molecule has 4 heteroatoms. The Morgan fingerprint density at radius 2 is 1.77 bits per heavy atom. The van der Waals surface area contributed by atoms with Crippen LogP contribution in [0.1, 0.15) is 6.42 Å². The molecule has 0 saturated heterocycles. The van der Waals surface area contributed by atoms with Gasteiger partial charge in [-0.1, -0.05) is 48.5 Å². The first kappa shape index (κ1) is 16.0. The highest BCUT2D eigenvalue weighted by molar-refractivity contribution is 5.78. The van der Waals surface area contributed by atoms with Crippen LogP contribution < -0.4 is 10.1 Å². The first-order chi connectivity index (χ1) is 10.8. The third-order valence-electron chi connectivity index (χ3n) is 3.18. The van der Waals surface area contributed by atoms with Gasteiger partial charge in [-0.05, 0) is 18.1 Å². The fraction of sp³-hybridized carbons (Fsp3) is 0.278. The maximum atomic E-state index is 11.8. The molecule has 4 nitrogen and oxygen atoms in total. The summed E-state index contributed by atoms with van der Waals surface area (Å²) in [5.74, 6) is 0.583. The first-order valence-electron chi connectivity index (χ1n) is 7.34. The topological polar surface area (TPSA) is 47.6 Å². The molecule has 0 fully saturated rings. The molecule has 0 spiro atoms. The number of benzene rings is 2. The van der Waals surface area contributed by atoms with E-state index in [4.69, 9.17) is 9.47 Å². The van der Waals surface area contributed by atoms with Crippen molar-refractivity contribution in [1.29, 1.82) is 0 Å². The van der Waals surface area contributed by atoms with Crippen LogP contribution in [0.15, 0.2) is 54.6 Å². The zero-order valence-corrected chi connectivity index (χ0v) is 12.7. The largest absolute Gasteiger partial charge is 0.483 e. The Hall–Kier alpha value is -2.33. The molecule has 2 rings (SSSR count). The summed E-state index contributed by atoms with van der Waals surface area (Å²) in [6, 6.07) is 17.7. The molecule has 0 aliphatic rings. The zero-order chi connectivity index (χ0) is 15.6. The highest BCUT2D eigenvalue weighted by Gasteiger charge is 2.07. The Kier molecular flexibility index (Phi) is 6.45. The molecule has 22 heavy (non-hydrogen) atoms. The van der Waals surface area contributed by atoms with E-state index in [0.29, 0.717) is 18.9 Å². The molecule has 116 valence electrons. The molecule has 1 N–H and O–H groups in total. The predicted octanol–water partition coefficient (Wildman–Crippen LogP) is 2.89.